The number of pyridine rings is 2. The van der Waals surface area contributed by atoms with Gasteiger partial charge in [0.25, 0.3) is 0 Å². The predicted octanol–water partition coefficient (Wildman–Crippen LogP) is 11.8. The van der Waals surface area contributed by atoms with E-state index in [4.69, 9.17) is 9.98 Å². The average Bonchev–Trinajstić information content (AvgIpc) is 3.37. The molecule has 50 heavy (non-hydrogen) atoms. The topological polar surface area (TPSA) is 38.1 Å². The minimum atomic E-state index is 0.788. The van der Waals surface area contributed by atoms with Crippen molar-refractivity contribution in [2.75, 3.05) is 0 Å². The number of benzene rings is 6. The van der Waals surface area contributed by atoms with Gasteiger partial charge in [0, 0.05) is 33.5 Å². The van der Waals surface area contributed by atoms with Crippen molar-refractivity contribution in [3.05, 3.63) is 205 Å². The molecule has 0 fully saturated rings. The Morgan fingerprint density at radius 2 is 1.12 bits per heavy atom. The molecular weight excluding hydrogens is 607 g/mol. The fourth-order valence-corrected chi connectivity index (χ4v) is 6.94. The maximum atomic E-state index is 5.20. The van der Waals surface area contributed by atoms with Crippen molar-refractivity contribution in [1.82, 2.24) is 9.97 Å². The van der Waals surface area contributed by atoms with Gasteiger partial charge in [0.15, 0.2) is 0 Å². The normalized spacial score (nSPS) is 13.2. The molecule has 0 atom stereocenters. The van der Waals surface area contributed by atoms with Crippen LogP contribution < -0.4 is 0 Å². The van der Waals surface area contributed by atoms with E-state index in [2.05, 4.69) is 157 Å². The summed E-state index contributed by atoms with van der Waals surface area (Å²) in [4.78, 5) is 15.0. The number of aliphatic imine (C=N–C) groups is 1. The third-order valence-corrected chi connectivity index (χ3v) is 9.45. The molecule has 0 amide bonds. The summed E-state index contributed by atoms with van der Waals surface area (Å²) < 4.78 is 0. The molecule has 3 heterocycles. The Morgan fingerprint density at radius 1 is 0.460 bits per heavy atom. The lowest BCUT2D eigenvalue weighted by molar-refractivity contribution is 1.29. The summed E-state index contributed by atoms with van der Waals surface area (Å²) in [6.45, 7) is 4.53. The Balaban J connectivity index is 1.13. The zero-order chi connectivity index (χ0) is 33.4. The molecule has 0 saturated carbocycles. The van der Waals surface area contributed by atoms with Gasteiger partial charge in [-0.3, -0.25) is 4.98 Å². The Bertz CT molecular complexity index is 2650. The van der Waals surface area contributed by atoms with Crippen LogP contribution in [0.15, 0.2) is 193 Å². The number of aromatic nitrogens is 2. The van der Waals surface area contributed by atoms with Gasteiger partial charge in [-0.15, -0.1) is 0 Å². The fourth-order valence-electron chi connectivity index (χ4n) is 6.94. The molecule has 1 aliphatic heterocycles. The molecule has 0 N–H and O–H groups in total. The number of allylic oxidation sites excluding steroid dienone is 4. The minimum absolute atomic E-state index is 0.788. The van der Waals surface area contributed by atoms with Crippen molar-refractivity contribution in [3.63, 3.8) is 0 Å². The summed E-state index contributed by atoms with van der Waals surface area (Å²) in [5, 5.41) is 6.00. The first-order chi connectivity index (χ1) is 24.7. The number of rotatable bonds is 5. The van der Waals surface area contributed by atoms with Gasteiger partial charge >= 0.3 is 0 Å². The monoisotopic (exact) mass is 637 g/mol. The second kappa shape index (κ2) is 12.4. The zero-order valence-electron chi connectivity index (χ0n) is 27.3. The molecule has 3 nitrogen and oxygen atoms in total. The standard InChI is InChI=1S/C47H31N3/c1-31-29-44(36-22-18-33(19-23-36)32-11-3-2-4-12-32)49-45(43-17-9-10-28-48-43)30-41(31)35-20-24-37(25-21-35)47-40-27-26-34-13-5-6-14-38(34)46(40)39-15-7-8-16-42(39)50-47/h2-30H,1H2. The lowest BCUT2D eigenvalue weighted by Crippen LogP contribution is -2.01. The van der Waals surface area contributed by atoms with E-state index in [-0.39, 0.29) is 0 Å². The first kappa shape index (κ1) is 29.4. The molecule has 0 bridgehead atoms. The van der Waals surface area contributed by atoms with Gasteiger partial charge in [-0.25, -0.2) is 9.98 Å². The van der Waals surface area contributed by atoms with Crippen LogP contribution in [-0.2, 0) is 0 Å². The van der Waals surface area contributed by atoms with Crippen LogP contribution in [-0.4, -0.2) is 15.7 Å². The van der Waals surface area contributed by atoms with Crippen LogP contribution in [0.2, 0.25) is 0 Å². The van der Waals surface area contributed by atoms with Crippen molar-refractivity contribution in [2.45, 2.75) is 0 Å². The van der Waals surface area contributed by atoms with E-state index >= 15 is 0 Å². The van der Waals surface area contributed by atoms with Crippen molar-refractivity contribution in [2.24, 2.45) is 4.99 Å². The highest BCUT2D eigenvalue weighted by molar-refractivity contribution is 6.22. The highest BCUT2D eigenvalue weighted by Gasteiger charge is 2.17. The van der Waals surface area contributed by atoms with Crippen LogP contribution in [0.5, 0.6) is 0 Å². The van der Waals surface area contributed by atoms with Gasteiger partial charge in [0.1, 0.15) is 0 Å². The summed E-state index contributed by atoms with van der Waals surface area (Å²) in [5.74, 6) is 0. The van der Waals surface area contributed by atoms with Crippen LogP contribution in [0.4, 0.5) is 0 Å². The smallest absolute Gasteiger partial charge is 0.0900 e. The third kappa shape index (κ3) is 5.32. The van der Waals surface area contributed by atoms with Crippen LogP contribution in [0, 0.1) is 0 Å². The van der Waals surface area contributed by atoms with E-state index in [1.54, 1.807) is 0 Å². The van der Waals surface area contributed by atoms with E-state index in [9.17, 15) is 0 Å². The van der Waals surface area contributed by atoms with E-state index < -0.39 is 0 Å². The molecule has 0 aliphatic carbocycles. The largest absolute Gasteiger partial charge is 0.255 e. The molecule has 234 valence electrons. The molecule has 8 aromatic rings. The summed E-state index contributed by atoms with van der Waals surface area (Å²) in [7, 11) is 0. The molecule has 1 aliphatic rings. The third-order valence-electron chi connectivity index (χ3n) is 9.45. The Hall–Kier alpha value is -6.71. The fraction of sp³-hybridized carbons (Fsp3) is 0. The van der Waals surface area contributed by atoms with E-state index in [0.717, 1.165) is 67.1 Å². The van der Waals surface area contributed by atoms with Gasteiger partial charge in [0.2, 0.25) is 0 Å². The highest BCUT2D eigenvalue weighted by atomic mass is 14.8. The summed E-state index contributed by atoms with van der Waals surface area (Å²) in [5.41, 5.74) is 11.8. The SMILES string of the molecule is C=C1C=C(c2ccc(-c3ccccc3)cc2)N=C(c2ccccn2)C=C1c1ccc(-c2nc3ccccc3c3c2ccc2ccccc23)cc1. The quantitative estimate of drug-likeness (QED) is 0.176. The summed E-state index contributed by atoms with van der Waals surface area (Å²) in [6.07, 6.45) is 6.00. The predicted molar refractivity (Wildman–Crippen MR) is 210 cm³/mol. The highest BCUT2D eigenvalue weighted by Crippen LogP contribution is 2.38. The number of para-hydroxylation sites is 1. The Labute approximate surface area is 291 Å². The van der Waals surface area contributed by atoms with Crippen LogP contribution in [0.25, 0.3) is 66.1 Å². The van der Waals surface area contributed by atoms with E-state index in [1.165, 1.54) is 27.1 Å². The lowest BCUT2D eigenvalue weighted by Gasteiger charge is -2.14. The Kier molecular flexibility index (Phi) is 7.29. The first-order valence-electron chi connectivity index (χ1n) is 16.8. The number of nitrogens with zero attached hydrogens (tertiary/aromatic N) is 3. The van der Waals surface area contributed by atoms with Gasteiger partial charge < -0.3 is 0 Å². The molecule has 3 heteroatoms. The number of hydrogen-bond donors (Lipinski definition) is 0. The van der Waals surface area contributed by atoms with Crippen LogP contribution in [0.3, 0.4) is 0 Å². The Morgan fingerprint density at radius 3 is 1.92 bits per heavy atom. The lowest BCUT2D eigenvalue weighted by atomic mass is 9.93. The van der Waals surface area contributed by atoms with Gasteiger partial charge in [0.05, 0.1) is 28.3 Å². The molecule has 0 unspecified atom stereocenters. The minimum Gasteiger partial charge on any atom is -0.255 e. The van der Waals surface area contributed by atoms with E-state index in [0.29, 0.717) is 0 Å². The van der Waals surface area contributed by atoms with Gasteiger partial charge in [-0.1, -0.05) is 146 Å². The van der Waals surface area contributed by atoms with Crippen molar-refractivity contribution in [3.8, 4) is 22.4 Å². The maximum absolute atomic E-state index is 5.20. The molecular formula is C47H31N3. The van der Waals surface area contributed by atoms with E-state index in [1.807, 2.05) is 30.5 Å². The molecule has 0 spiro atoms. The number of fused-ring (bicyclic) bond motifs is 5. The summed E-state index contributed by atoms with van der Waals surface area (Å²) >= 11 is 0. The molecule has 9 rings (SSSR count). The second-order valence-electron chi connectivity index (χ2n) is 12.5. The first-order valence-corrected chi connectivity index (χ1v) is 16.8. The van der Waals surface area contributed by atoms with Crippen LogP contribution >= 0.6 is 0 Å². The maximum Gasteiger partial charge on any atom is 0.0900 e. The summed E-state index contributed by atoms with van der Waals surface area (Å²) in [6, 6.07) is 55.0. The molecule has 0 radical (unpaired) electrons. The van der Waals surface area contributed by atoms with Crippen molar-refractivity contribution >= 4 is 49.4 Å². The van der Waals surface area contributed by atoms with Gasteiger partial charge in [-0.05, 0) is 69.0 Å². The second-order valence-corrected chi connectivity index (χ2v) is 12.5. The number of hydrogen-bond acceptors (Lipinski definition) is 3. The molecule has 2 aromatic heterocycles. The molecule has 0 saturated heterocycles. The zero-order valence-corrected chi connectivity index (χ0v) is 27.3. The van der Waals surface area contributed by atoms with Gasteiger partial charge in [-0.2, -0.15) is 0 Å². The molecule has 6 aromatic carbocycles. The van der Waals surface area contributed by atoms with Crippen LogP contribution in [0.1, 0.15) is 16.8 Å². The average molecular weight is 638 g/mol. The van der Waals surface area contributed by atoms with Crippen molar-refractivity contribution < 1.29 is 0 Å². The van der Waals surface area contributed by atoms with Crippen molar-refractivity contribution in [1.29, 1.82) is 0 Å².